The molecule has 2 aliphatic heterocycles. The smallest absolute Gasteiger partial charge is 0.388 e. The Labute approximate surface area is 469 Å². The Kier molecular flexibility index (Phi) is 20.1. The number of fused-ring (bicyclic) bond motifs is 2. The van der Waals surface area contributed by atoms with Gasteiger partial charge in [-0.3, -0.25) is 69.4 Å². The number of aliphatic hydroxyl groups is 2. The number of hydrogen-bond acceptors (Lipinski definition) is 30. The Hall–Kier alpha value is -5.90. The lowest BCUT2D eigenvalue weighted by atomic mass is 10.2. The summed E-state index contributed by atoms with van der Waals surface area (Å²) in [5.41, 5.74) is 13.9. The highest BCUT2D eigenvalue weighted by Crippen LogP contribution is 2.52. The standard InChI is InChI=1S/C40H57N15O25P4/c1-4-71-22-7-30(55-18-47-31-33(42)44-16-45-34(31)55)76-26(22)14-75-84(68,69)80-25(11-53-17-46-32-35(53)49-38(43)50-37(32)59)21(57)13-73-83(66,67)79-24(10-52-6-5-28(41)48-39(52)60)20(56)12-72-82(64,65)78-23-8-29(54-9-19(2)36(58)51-40(54)61)77-27(23)15-74-81(62,63)70-3/h5-6,9,16-18,20-27,29-30,56-57H,4,7-8,10-15H2,1-3H3,(H,62,63)(H,64,65)(H,66,67)(H,68,69)(H2,41,48,60)(H2,42,44,45)(H,51,58,61)(H3,43,49,50,59)/t20-,21-,22-,23-,24-,25-,26-,27-,29-,30-/m1/s1. The summed E-state index contributed by atoms with van der Waals surface area (Å²) in [7, 11) is -20.4. The topological polar surface area (TPSA) is 566 Å². The fourth-order valence-electron chi connectivity index (χ4n) is 8.50. The van der Waals surface area contributed by atoms with E-state index in [9.17, 15) is 67.2 Å². The van der Waals surface area contributed by atoms with Crippen LogP contribution in [0.25, 0.3) is 22.3 Å². The summed E-state index contributed by atoms with van der Waals surface area (Å²) < 4.78 is 116. The molecule has 2 fully saturated rings. The van der Waals surface area contributed by atoms with Gasteiger partial charge in [0.05, 0.1) is 58.3 Å². The number of aromatic amines is 2. The van der Waals surface area contributed by atoms with Gasteiger partial charge in [-0.1, -0.05) is 0 Å². The van der Waals surface area contributed by atoms with E-state index in [-0.39, 0.29) is 52.9 Å². The molecule has 0 radical (unpaired) electrons. The van der Waals surface area contributed by atoms with Crippen LogP contribution < -0.4 is 39.7 Å². The lowest BCUT2D eigenvalue weighted by Crippen LogP contribution is -2.40. The first-order valence-electron chi connectivity index (χ1n) is 24.6. The maximum atomic E-state index is 13.8. The lowest BCUT2D eigenvalue weighted by molar-refractivity contribution is -0.0670. The summed E-state index contributed by atoms with van der Waals surface area (Å²) in [6, 6.07) is 1.11. The number of anilines is 3. The van der Waals surface area contributed by atoms with E-state index in [1.165, 1.54) is 19.6 Å². The van der Waals surface area contributed by atoms with Crippen molar-refractivity contribution in [3.8, 4) is 0 Å². The number of nitrogens with two attached hydrogens (primary N) is 3. The average Bonchev–Trinajstić information content (AvgIpc) is 2.78. The molecule has 2 aliphatic rings. The molecular weight excluding hydrogens is 1210 g/mol. The molecule has 0 bridgehead atoms. The second-order valence-electron chi connectivity index (χ2n) is 18.4. The highest BCUT2D eigenvalue weighted by molar-refractivity contribution is 7.48. The molecule has 6 aromatic heterocycles. The molecule has 6 aromatic rings. The van der Waals surface area contributed by atoms with Crippen molar-refractivity contribution in [3.63, 3.8) is 0 Å². The first-order chi connectivity index (χ1) is 39.5. The Morgan fingerprint density at radius 2 is 1.31 bits per heavy atom. The van der Waals surface area contributed by atoms with Crippen LogP contribution in [0.5, 0.6) is 0 Å². The molecule has 0 aromatic carbocycles. The lowest BCUT2D eigenvalue weighted by Gasteiger charge is -2.28. The molecule has 40 nitrogen and oxygen atoms in total. The summed E-state index contributed by atoms with van der Waals surface area (Å²) in [5, 5.41) is 23.0. The zero-order valence-electron chi connectivity index (χ0n) is 44.0. The molecule has 0 spiro atoms. The number of phosphoric acid groups is 4. The summed E-state index contributed by atoms with van der Waals surface area (Å²) >= 11 is 0. The highest BCUT2D eigenvalue weighted by atomic mass is 31.2. The number of hydrogen-bond donors (Lipinski definition) is 11. The maximum absolute atomic E-state index is 13.8. The predicted molar refractivity (Wildman–Crippen MR) is 280 cm³/mol. The molecule has 14 atom stereocenters. The molecule has 8 heterocycles. The largest absolute Gasteiger partial charge is 0.472 e. The zero-order chi connectivity index (χ0) is 61.1. The third-order valence-electron chi connectivity index (χ3n) is 12.6. The summed E-state index contributed by atoms with van der Waals surface area (Å²) in [6.45, 7) is -2.59. The predicted octanol–water partition coefficient (Wildman–Crippen LogP) is -2.21. The molecule has 0 aliphatic carbocycles. The SMILES string of the molecule is CCO[C@@H]1C[C@H](n2cnc3c(N)ncnc32)O[C@@H]1COP(=O)(O)O[C@H](Cn1cnc2c(=O)[nH]c(N)nc21)[C@H](O)COP(=O)(O)O[C@H](Cn1ccc(N)nc1=O)[C@H](O)COP(=O)(O)O[C@@H]1C[C@H](n2cc(C)c(=O)[nH]c2=O)O[C@@H]1COP(=O)(O)OC. The Morgan fingerprint density at radius 1 is 0.714 bits per heavy atom. The minimum atomic E-state index is -5.68. The number of nitrogens with zero attached hydrogens (tertiary/aromatic N) is 10. The van der Waals surface area contributed by atoms with Gasteiger partial charge >= 0.3 is 42.7 Å². The van der Waals surface area contributed by atoms with Crippen molar-refractivity contribution in [2.45, 2.75) is 101 Å². The molecule has 462 valence electrons. The second-order valence-corrected chi connectivity index (χ2v) is 24.2. The molecule has 2 saturated heterocycles. The number of aliphatic hydroxyl groups excluding tert-OH is 2. The third-order valence-corrected chi connectivity index (χ3v) is 16.5. The van der Waals surface area contributed by atoms with Crippen LogP contribution in [-0.4, -0.2) is 177 Å². The van der Waals surface area contributed by atoms with Crippen molar-refractivity contribution >= 4 is 71.2 Å². The van der Waals surface area contributed by atoms with E-state index in [1.807, 2.05) is 0 Å². The minimum absolute atomic E-state index is 0.0474. The van der Waals surface area contributed by atoms with Gasteiger partial charge in [-0.05, 0) is 19.9 Å². The zero-order valence-corrected chi connectivity index (χ0v) is 47.6. The number of aromatic nitrogens is 12. The van der Waals surface area contributed by atoms with E-state index in [0.29, 0.717) is 5.65 Å². The van der Waals surface area contributed by atoms with Crippen LogP contribution in [0.4, 0.5) is 17.6 Å². The van der Waals surface area contributed by atoms with Gasteiger partial charge in [-0.15, -0.1) is 0 Å². The quantitative estimate of drug-likeness (QED) is 0.0222. The molecule has 44 heteroatoms. The average molecular weight is 1270 g/mol. The van der Waals surface area contributed by atoms with E-state index in [2.05, 4.69) is 44.4 Å². The minimum Gasteiger partial charge on any atom is -0.388 e. The highest BCUT2D eigenvalue weighted by Gasteiger charge is 2.45. The van der Waals surface area contributed by atoms with Crippen LogP contribution >= 0.6 is 31.3 Å². The first kappa shape index (κ1) is 64.1. The fourth-order valence-corrected chi connectivity index (χ4v) is 11.8. The van der Waals surface area contributed by atoms with Crippen molar-refractivity contribution < 1.29 is 98.4 Å². The van der Waals surface area contributed by atoms with Crippen LogP contribution in [0.15, 0.2) is 56.6 Å². The molecule has 14 N–H and O–H groups in total. The number of imidazole rings is 2. The number of aryl methyl sites for hydroxylation is 1. The van der Waals surface area contributed by atoms with Crippen LogP contribution in [0.3, 0.4) is 0 Å². The summed E-state index contributed by atoms with van der Waals surface area (Å²) in [4.78, 5) is 121. The van der Waals surface area contributed by atoms with Gasteiger partial charge in [0.1, 0.15) is 72.8 Å². The second kappa shape index (κ2) is 26.4. The van der Waals surface area contributed by atoms with Gasteiger partial charge in [0.25, 0.3) is 11.1 Å². The molecule has 8 rings (SSSR count). The van der Waals surface area contributed by atoms with E-state index < -0.39 is 161 Å². The summed E-state index contributed by atoms with van der Waals surface area (Å²) in [5.74, 6) is -0.552. The molecule has 4 unspecified atom stereocenters. The van der Waals surface area contributed by atoms with Gasteiger partial charge in [0.2, 0.25) is 5.95 Å². The van der Waals surface area contributed by atoms with Gasteiger partial charge in [-0.25, -0.2) is 47.8 Å². The monoisotopic (exact) mass is 1270 g/mol. The van der Waals surface area contributed by atoms with Gasteiger partial charge in [0, 0.05) is 44.5 Å². The number of nitrogen functional groups attached to an aromatic ring is 3. The van der Waals surface area contributed by atoms with Gasteiger partial charge in [-0.2, -0.15) is 9.97 Å². The van der Waals surface area contributed by atoms with E-state index >= 15 is 0 Å². The molecule has 84 heavy (non-hydrogen) atoms. The summed E-state index contributed by atoms with van der Waals surface area (Å²) in [6.07, 6.45) is -10.3. The van der Waals surface area contributed by atoms with Crippen LogP contribution in [0.2, 0.25) is 0 Å². The Morgan fingerprint density at radius 3 is 1.96 bits per heavy atom. The molecule has 0 saturated carbocycles. The van der Waals surface area contributed by atoms with E-state index in [4.69, 9.17) is 63.1 Å². The number of H-pyrrole nitrogens is 2. The van der Waals surface area contributed by atoms with Crippen molar-refractivity contribution in [2.75, 3.05) is 57.3 Å². The number of ether oxygens (including phenoxy) is 3. The Bertz CT molecular complexity index is 3770. The molecule has 0 amide bonds. The fraction of sp³-hybridized carbons (Fsp3) is 0.550. The van der Waals surface area contributed by atoms with Crippen LogP contribution in [-0.2, 0) is 81.8 Å². The van der Waals surface area contributed by atoms with Crippen molar-refractivity contribution in [1.82, 2.24) is 58.1 Å². The van der Waals surface area contributed by atoms with Crippen LogP contribution in [0.1, 0.15) is 37.8 Å². The first-order valence-corrected chi connectivity index (χ1v) is 30.6. The van der Waals surface area contributed by atoms with E-state index in [0.717, 1.165) is 45.6 Å². The number of nitrogens with one attached hydrogen (secondary N) is 2. The van der Waals surface area contributed by atoms with E-state index in [1.54, 1.807) is 11.5 Å². The Balaban J connectivity index is 0.972. The maximum Gasteiger partial charge on any atom is 0.472 e. The molecular formula is C40H57N15O25P4. The van der Waals surface area contributed by atoms with Crippen molar-refractivity contribution in [1.29, 1.82) is 0 Å². The van der Waals surface area contributed by atoms with Crippen molar-refractivity contribution in [2.24, 2.45) is 0 Å². The van der Waals surface area contributed by atoms with Crippen LogP contribution in [0, 0.1) is 6.92 Å². The van der Waals surface area contributed by atoms with Gasteiger partial charge < -0.3 is 65.8 Å². The number of phosphoric ester groups is 4. The normalized spacial score (nSPS) is 23.6. The third kappa shape index (κ3) is 15.9. The van der Waals surface area contributed by atoms with Crippen molar-refractivity contribution in [3.05, 3.63) is 84.7 Å². The number of rotatable bonds is 29. The van der Waals surface area contributed by atoms with Gasteiger partial charge in [0.15, 0.2) is 22.6 Å².